The topological polar surface area (TPSA) is 62.6 Å². The molecule has 96 valence electrons. The summed E-state index contributed by atoms with van der Waals surface area (Å²) in [5.41, 5.74) is 8.96. The number of anilines is 1. The second-order valence-electron chi connectivity index (χ2n) is 4.98. The summed E-state index contributed by atoms with van der Waals surface area (Å²) in [5, 5.41) is 10.5. The Bertz CT molecular complexity index is 542. The number of fused-ring (bicyclic) bond motifs is 1. The molecule has 0 atom stereocenters. The summed E-state index contributed by atoms with van der Waals surface area (Å²) in [6, 6.07) is 5.92. The maximum absolute atomic E-state index is 9.50. The van der Waals surface area contributed by atoms with Crippen LogP contribution >= 0.6 is 0 Å². The van der Waals surface area contributed by atoms with E-state index in [-0.39, 0.29) is 6.10 Å². The molecule has 18 heavy (non-hydrogen) atoms. The third-order valence-corrected chi connectivity index (χ3v) is 3.72. The summed E-state index contributed by atoms with van der Waals surface area (Å²) in [6.45, 7) is 2.72. The Morgan fingerprint density at radius 1 is 1.28 bits per heavy atom. The molecule has 0 spiro atoms. The van der Waals surface area contributed by atoms with Crippen molar-refractivity contribution in [3.63, 3.8) is 0 Å². The van der Waals surface area contributed by atoms with Crippen molar-refractivity contribution in [1.82, 2.24) is 4.90 Å². The molecular weight excluding hydrogens is 228 g/mol. The molecule has 0 amide bonds. The minimum atomic E-state index is -0.130. The van der Waals surface area contributed by atoms with Gasteiger partial charge in [0.2, 0.25) is 0 Å². The van der Waals surface area contributed by atoms with E-state index in [2.05, 4.69) is 4.90 Å². The number of nitrogens with two attached hydrogens (primary N) is 1. The molecule has 2 heterocycles. The lowest BCUT2D eigenvalue weighted by molar-refractivity contribution is 0.0793. The molecule has 1 fully saturated rings. The molecule has 0 bridgehead atoms. The summed E-state index contributed by atoms with van der Waals surface area (Å²) in [4.78, 5) is 2.34. The van der Waals surface area contributed by atoms with E-state index in [0.29, 0.717) is 0 Å². The van der Waals surface area contributed by atoms with Crippen LogP contribution in [0.3, 0.4) is 0 Å². The van der Waals surface area contributed by atoms with Gasteiger partial charge in [-0.1, -0.05) is 6.07 Å². The van der Waals surface area contributed by atoms with Crippen LogP contribution in [0.15, 0.2) is 28.9 Å². The maximum Gasteiger partial charge on any atom is 0.135 e. The maximum atomic E-state index is 9.50. The highest BCUT2D eigenvalue weighted by Gasteiger charge is 2.18. The van der Waals surface area contributed by atoms with Crippen LogP contribution in [0.1, 0.15) is 18.4 Å². The molecule has 0 aliphatic carbocycles. The molecule has 1 aromatic heterocycles. The molecular formula is C14H18N2O2. The molecule has 1 aromatic carbocycles. The van der Waals surface area contributed by atoms with Crippen molar-refractivity contribution in [3.8, 4) is 0 Å². The van der Waals surface area contributed by atoms with Crippen molar-refractivity contribution >= 4 is 16.7 Å². The highest BCUT2D eigenvalue weighted by atomic mass is 16.3. The van der Waals surface area contributed by atoms with Crippen LogP contribution in [0.25, 0.3) is 11.0 Å². The number of benzene rings is 1. The lowest BCUT2D eigenvalue weighted by atomic mass is 10.1. The summed E-state index contributed by atoms with van der Waals surface area (Å²) in [7, 11) is 0. The molecule has 2 aromatic rings. The highest BCUT2D eigenvalue weighted by molar-refractivity contribution is 5.91. The monoisotopic (exact) mass is 246 g/mol. The molecule has 4 heteroatoms. The number of aliphatic hydroxyl groups is 1. The lowest BCUT2D eigenvalue weighted by Crippen LogP contribution is -2.35. The normalized spacial score (nSPS) is 18.5. The van der Waals surface area contributed by atoms with Crippen molar-refractivity contribution < 1.29 is 9.52 Å². The quantitative estimate of drug-likeness (QED) is 0.795. The van der Waals surface area contributed by atoms with Crippen molar-refractivity contribution in [2.45, 2.75) is 25.5 Å². The van der Waals surface area contributed by atoms with Crippen LogP contribution in [-0.2, 0) is 6.54 Å². The van der Waals surface area contributed by atoms with Crippen LogP contribution in [0.5, 0.6) is 0 Å². The van der Waals surface area contributed by atoms with Crippen molar-refractivity contribution in [1.29, 1.82) is 0 Å². The number of aliphatic hydroxyl groups excluding tert-OH is 1. The minimum Gasteiger partial charge on any atom is -0.464 e. The Kier molecular flexibility index (Phi) is 2.97. The molecule has 0 unspecified atom stereocenters. The van der Waals surface area contributed by atoms with Gasteiger partial charge in [0.25, 0.3) is 0 Å². The molecule has 0 radical (unpaired) electrons. The molecule has 1 aliphatic rings. The third kappa shape index (κ3) is 2.09. The fraction of sp³-hybridized carbons (Fsp3) is 0.429. The first-order valence-corrected chi connectivity index (χ1v) is 6.39. The van der Waals surface area contributed by atoms with Gasteiger partial charge in [0.05, 0.1) is 12.4 Å². The smallest absolute Gasteiger partial charge is 0.135 e. The highest BCUT2D eigenvalue weighted by Crippen LogP contribution is 2.27. The van der Waals surface area contributed by atoms with Crippen LogP contribution in [-0.4, -0.2) is 29.2 Å². The number of nitrogens with zero attached hydrogens (tertiary/aromatic N) is 1. The van der Waals surface area contributed by atoms with E-state index < -0.39 is 0 Å². The summed E-state index contributed by atoms with van der Waals surface area (Å²) in [5.74, 6) is 0. The predicted octanol–water partition coefficient (Wildman–Crippen LogP) is 1.97. The van der Waals surface area contributed by atoms with Crippen LogP contribution in [0, 0.1) is 0 Å². The van der Waals surface area contributed by atoms with E-state index in [1.165, 1.54) is 0 Å². The van der Waals surface area contributed by atoms with Gasteiger partial charge in [-0.15, -0.1) is 0 Å². The lowest BCUT2D eigenvalue weighted by Gasteiger charge is -2.29. The molecule has 3 rings (SSSR count). The van der Waals surface area contributed by atoms with E-state index >= 15 is 0 Å². The minimum absolute atomic E-state index is 0.130. The van der Waals surface area contributed by atoms with Crippen LogP contribution < -0.4 is 5.73 Å². The molecule has 3 N–H and O–H groups in total. The third-order valence-electron chi connectivity index (χ3n) is 3.72. The van der Waals surface area contributed by atoms with E-state index in [4.69, 9.17) is 10.2 Å². The summed E-state index contributed by atoms with van der Waals surface area (Å²) in [6.07, 6.45) is 3.25. The van der Waals surface area contributed by atoms with Gasteiger partial charge in [-0.3, -0.25) is 4.90 Å². The van der Waals surface area contributed by atoms with Gasteiger partial charge in [0.1, 0.15) is 5.58 Å². The summed E-state index contributed by atoms with van der Waals surface area (Å²) >= 11 is 0. The second-order valence-corrected chi connectivity index (χ2v) is 4.98. The number of hydrogen-bond donors (Lipinski definition) is 2. The first kappa shape index (κ1) is 11.6. The summed E-state index contributed by atoms with van der Waals surface area (Å²) < 4.78 is 5.33. The average Bonchev–Trinajstić information content (AvgIpc) is 2.84. The van der Waals surface area contributed by atoms with Crippen molar-refractivity contribution in [2.24, 2.45) is 0 Å². The van der Waals surface area contributed by atoms with Gasteiger partial charge in [-0.05, 0) is 30.5 Å². The standard InChI is InChI=1S/C14H18N2O2/c15-14-10(1-2-13-12(14)5-8-18-13)9-16-6-3-11(17)4-7-16/h1-2,5,8,11,17H,3-4,6-7,9,15H2. The second kappa shape index (κ2) is 4.63. The van der Waals surface area contributed by atoms with Crippen LogP contribution in [0.4, 0.5) is 5.69 Å². The number of piperidine rings is 1. The van der Waals surface area contributed by atoms with E-state index in [1.807, 2.05) is 18.2 Å². The Morgan fingerprint density at radius 2 is 2.06 bits per heavy atom. The van der Waals surface area contributed by atoms with Crippen molar-refractivity contribution in [2.75, 3.05) is 18.8 Å². The van der Waals surface area contributed by atoms with Gasteiger partial charge in [0.15, 0.2) is 0 Å². The number of rotatable bonds is 2. The molecule has 0 saturated carbocycles. The SMILES string of the molecule is Nc1c(CN2CCC(O)CC2)ccc2occc12. The van der Waals surface area contributed by atoms with E-state index in [1.54, 1.807) is 6.26 Å². The Hall–Kier alpha value is -1.52. The Balaban J connectivity index is 1.80. The van der Waals surface area contributed by atoms with E-state index in [0.717, 1.165) is 54.7 Å². The molecule has 4 nitrogen and oxygen atoms in total. The number of nitrogen functional groups attached to an aromatic ring is 1. The van der Waals surface area contributed by atoms with Gasteiger partial charge < -0.3 is 15.3 Å². The zero-order valence-corrected chi connectivity index (χ0v) is 10.3. The molecule has 1 saturated heterocycles. The van der Waals surface area contributed by atoms with Gasteiger partial charge >= 0.3 is 0 Å². The fourth-order valence-corrected chi connectivity index (χ4v) is 2.57. The number of likely N-dealkylation sites (tertiary alicyclic amines) is 1. The predicted molar refractivity (Wildman–Crippen MR) is 71.1 cm³/mol. The van der Waals surface area contributed by atoms with Gasteiger partial charge in [0, 0.05) is 30.7 Å². The zero-order chi connectivity index (χ0) is 12.5. The number of hydrogen-bond acceptors (Lipinski definition) is 4. The average molecular weight is 246 g/mol. The largest absolute Gasteiger partial charge is 0.464 e. The van der Waals surface area contributed by atoms with Gasteiger partial charge in [-0.2, -0.15) is 0 Å². The number of furan rings is 1. The van der Waals surface area contributed by atoms with Crippen LogP contribution in [0.2, 0.25) is 0 Å². The fourth-order valence-electron chi connectivity index (χ4n) is 2.57. The first-order valence-electron chi connectivity index (χ1n) is 6.39. The van der Waals surface area contributed by atoms with E-state index in [9.17, 15) is 5.11 Å². The zero-order valence-electron chi connectivity index (χ0n) is 10.3. The van der Waals surface area contributed by atoms with Gasteiger partial charge in [-0.25, -0.2) is 0 Å². The Morgan fingerprint density at radius 3 is 2.83 bits per heavy atom. The first-order chi connectivity index (χ1) is 8.74. The van der Waals surface area contributed by atoms with Crippen molar-refractivity contribution in [3.05, 3.63) is 30.0 Å². The Labute approximate surface area is 106 Å². The molecule has 1 aliphatic heterocycles.